The normalized spacial score (nSPS) is 11.0. The molecule has 0 aliphatic rings. The van der Waals surface area contributed by atoms with Gasteiger partial charge in [0.1, 0.15) is 18.0 Å². The van der Waals surface area contributed by atoms with E-state index in [4.69, 9.17) is 4.74 Å². The molecule has 0 spiro atoms. The second kappa shape index (κ2) is 7.06. The summed E-state index contributed by atoms with van der Waals surface area (Å²) in [6.45, 7) is 5.08. The van der Waals surface area contributed by atoms with E-state index < -0.39 is 23.4 Å². The number of esters is 2. The van der Waals surface area contributed by atoms with Gasteiger partial charge in [-0.2, -0.15) is 0 Å². The molecule has 1 aromatic rings. The highest BCUT2D eigenvalue weighted by Crippen LogP contribution is 2.22. The van der Waals surface area contributed by atoms with Gasteiger partial charge in [0.15, 0.2) is 0 Å². The molecular weight excluding hydrogens is 392 g/mol. The van der Waals surface area contributed by atoms with E-state index in [1.54, 1.807) is 20.8 Å². The Hall–Kier alpha value is -1.38. The number of carbonyl (C=O) groups is 2. The van der Waals surface area contributed by atoms with Gasteiger partial charge in [0.25, 0.3) is 0 Å². The molecule has 0 bridgehead atoms. The summed E-state index contributed by atoms with van der Waals surface area (Å²) in [4.78, 5) is 23.0. The van der Waals surface area contributed by atoms with Crippen LogP contribution in [0.25, 0.3) is 0 Å². The maximum Gasteiger partial charge on any atom is 0.339 e. The first-order chi connectivity index (χ1) is 9.64. The SMILES string of the molecule is COC(=O)c1cc(F)c(NCC(=O)OC(C)(C)C)cc1I. The molecule has 0 aliphatic carbocycles. The zero-order valence-corrected chi connectivity index (χ0v) is 14.4. The minimum atomic E-state index is -0.639. The zero-order valence-electron chi connectivity index (χ0n) is 12.3. The summed E-state index contributed by atoms with van der Waals surface area (Å²) >= 11 is 1.90. The fourth-order valence-electron chi connectivity index (χ4n) is 1.49. The number of hydrogen-bond acceptors (Lipinski definition) is 5. The Morgan fingerprint density at radius 1 is 1.33 bits per heavy atom. The number of ether oxygens (including phenoxy) is 2. The highest BCUT2D eigenvalue weighted by molar-refractivity contribution is 14.1. The Balaban J connectivity index is 2.80. The van der Waals surface area contributed by atoms with Crippen molar-refractivity contribution in [1.82, 2.24) is 0 Å². The summed E-state index contributed by atoms with van der Waals surface area (Å²) in [5.41, 5.74) is -0.336. The molecular formula is C14H17FINO4. The molecule has 116 valence electrons. The van der Waals surface area contributed by atoms with Gasteiger partial charge in [0.2, 0.25) is 0 Å². The molecule has 0 fully saturated rings. The van der Waals surface area contributed by atoms with Crippen LogP contribution in [-0.4, -0.2) is 31.2 Å². The number of anilines is 1. The molecule has 7 heteroatoms. The molecule has 0 saturated heterocycles. The van der Waals surface area contributed by atoms with E-state index in [0.29, 0.717) is 3.57 Å². The highest BCUT2D eigenvalue weighted by atomic mass is 127. The van der Waals surface area contributed by atoms with Crippen molar-refractivity contribution >= 4 is 40.2 Å². The van der Waals surface area contributed by atoms with Crippen LogP contribution in [0, 0.1) is 9.39 Å². The van der Waals surface area contributed by atoms with Crippen LogP contribution < -0.4 is 5.32 Å². The van der Waals surface area contributed by atoms with Crippen LogP contribution in [0.15, 0.2) is 12.1 Å². The Kier molecular flexibility index (Phi) is 5.94. The van der Waals surface area contributed by atoms with Crippen LogP contribution in [0.5, 0.6) is 0 Å². The van der Waals surface area contributed by atoms with E-state index in [2.05, 4.69) is 10.1 Å². The van der Waals surface area contributed by atoms with Gasteiger partial charge in [0.05, 0.1) is 18.4 Å². The first-order valence-corrected chi connectivity index (χ1v) is 7.25. The van der Waals surface area contributed by atoms with Gasteiger partial charge in [-0.25, -0.2) is 9.18 Å². The average Bonchev–Trinajstić information content (AvgIpc) is 2.36. The molecule has 1 N–H and O–H groups in total. The molecule has 1 rings (SSSR count). The van der Waals surface area contributed by atoms with Crippen molar-refractivity contribution < 1.29 is 23.5 Å². The molecule has 0 radical (unpaired) electrons. The fraction of sp³-hybridized carbons (Fsp3) is 0.429. The van der Waals surface area contributed by atoms with Crippen LogP contribution in [0.2, 0.25) is 0 Å². The lowest BCUT2D eigenvalue weighted by atomic mass is 10.2. The van der Waals surface area contributed by atoms with Gasteiger partial charge < -0.3 is 14.8 Å². The minimum Gasteiger partial charge on any atom is -0.465 e. The van der Waals surface area contributed by atoms with Crippen molar-refractivity contribution in [2.24, 2.45) is 0 Å². The number of hydrogen-bond donors (Lipinski definition) is 1. The standard InChI is InChI=1S/C14H17FINO4/c1-14(2,3)21-12(18)7-17-11-6-10(16)8(5-9(11)15)13(19)20-4/h5-6,17H,7H2,1-4H3. The van der Waals surface area contributed by atoms with Crippen LogP contribution in [0.3, 0.4) is 0 Å². The summed E-state index contributed by atoms with van der Waals surface area (Å²) in [6, 6.07) is 2.51. The van der Waals surface area contributed by atoms with E-state index in [-0.39, 0.29) is 17.8 Å². The predicted octanol–water partition coefficient (Wildman–Crippen LogP) is 2.97. The Bertz CT molecular complexity index is 555. The van der Waals surface area contributed by atoms with Gasteiger partial charge in [0, 0.05) is 3.57 Å². The fourth-order valence-corrected chi connectivity index (χ4v) is 2.18. The van der Waals surface area contributed by atoms with Crippen LogP contribution in [0.1, 0.15) is 31.1 Å². The van der Waals surface area contributed by atoms with Crippen molar-refractivity contribution in [2.45, 2.75) is 26.4 Å². The lowest BCUT2D eigenvalue weighted by molar-refractivity contribution is -0.152. The molecule has 0 aliphatic heterocycles. The zero-order chi connectivity index (χ0) is 16.2. The Morgan fingerprint density at radius 3 is 2.48 bits per heavy atom. The largest absolute Gasteiger partial charge is 0.465 e. The molecule has 0 aromatic heterocycles. The number of methoxy groups -OCH3 is 1. The van der Waals surface area contributed by atoms with E-state index in [9.17, 15) is 14.0 Å². The molecule has 0 unspecified atom stereocenters. The molecule has 21 heavy (non-hydrogen) atoms. The van der Waals surface area contributed by atoms with Crippen molar-refractivity contribution in [1.29, 1.82) is 0 Å². The maximum atomic E-state index is 13.9. The van der Waals surface area contributed by atoms with Crippen molar-refractivity contribution in [3.63, 3.8) is 0 Å². The number of rotatable bonds is 4. The lowest BCUT2D eigenvalue weighted by Gasteiger charge is -2.20. The second-order valence-corrected chi connectivity index (χ2v) is 6.41. The monoisotopic (exact) mass is 409 g/mol. The van der Waals surface area contributed by atoms with Crippen LogP contribution in [0.4, 0.5) is 10.1 Å². The van der Waals surface area contributed by atoms with Crippen LogP contribution in [-0.2, 0) is 14.3 Å². The summed E-state index contributed by atoms with van der Waals surface area (Å²) in [5.74, 6) is -1.75. The highest BCUT2D eigenvalue weighted by Gasteiger charge is 2.18. The van der Waals surface area contributed by atoms with Gasteiger partial charge in [-0.15, -0.1) is 0 Å². The lowest BCUT2D eigenvalue weighted by Crippen LogP contribution is -2.28. The van der Waals surface area contributed by atoms with Crippen molar-refractivity contribution in [3.05, 3.63) is 27.1 Å². The second-order valence-electron chi connectivity index (χ2n) is 5.24. The van der Waals surface area contributed by atoms with Crippen molar-refractivity contribution in [2.75, 3.05) is 19.0 Å². The number of halogens is 2. The Morgan fingerprint density at radius 2 is 1.95 bits per heavy atom. The summed E-state index contributed by atoms with van der Waals surface area (Å²) in [6.07, 6.45) is 0. The van der Waals surface area contributed by atoms with Crippen LogP contribution >= 0.6 is 22.6 Å². The van der Waals surface area contributed by atoms with E-state index in [1.807, 2.05) is 22.6 Å². The number of benzene rings is 1. The first kappa shape index (κ1) is 17.7. The topological polar surface area (TPSA) is 64.6 Å². The number of nitrogens with one attached hydrogen (secondary N) is 1. The molecule has 0 amide bonds. The molecule has 0 atom stereocenters. The molecule has 1 aromatic carbocycles. The quantitative estimate of drug-likeness (QED) is 0.612. The maximum absolute atomic E-state index is 13.9. The predicted molar refractivity (Wildman–Crippen MR) is 84.8 cm³/mol. The van der Waals surface area contributed by atoms with E-state index in [1.165, 1.54) is 13.2 Å². The van der Waals surface area contributed by atoms with Gasteiger partial charge in [-0.3, -0.25) is 4.79 Å². The van der Waals surface area contributed by atoms with Crippen molar-refractivity contribution in [3.8, 4) is 0 Å². The first-order valence-electron chi connectivity index (χ1n) is 6.17. The van der Waals surface area contributed by atoms with E-state index >= 15 is 0 Å². The third-order valence-electron chi connectivity index (χ3n) is 2.31. The van der Waals surface area contributed by atoms with Gasteiger partial charge in [-0.05, 0) is 55.5 Å². The minimum absolute atomic E-state index is 0.123. The van der Waals surface area contributed by atoms with E-state index in [0.717, 1.165) is 6.07 Å². The van der Waals surface area contributed by atoms with Gasteiger partial charge >= 0.3 is 11.9 Å². The third kappa shape index (κ3) is 5.49. The van der Waals surface area contributed by atoms with Gasteiger partial charge in [-0.1, -0.05) is 0 Å². The smallest absolute Gasteiger partial charge is 0.339 e. The average molecular weight is 409 g/mol. The number of carbonyl (C=O) groups excluding carboxylic acids is 2. The summed E-state index contributed by atoms with van der Waals surface area (Å²) < 4.78 is 24.1. The Labute approximate surface area is 136 Å². The molecule has 5 nitrogen and oxygen atoms in total. The summed E-state index contributed by atoms with van der Waals surface area (Å²) in [7, 11) is 1.23. The molecule has 0 heterocycles. The summed E-state index contributed by atoms with van der Waals surface area (Å²) in [5, 5.41) is 2.65. The third-order valence-corrected chi connectivity index (χ3v) is 3.20. The molecule has 0 saturated carbocycles.